The Morgan fingerprint density at radius 1 is 1.12 bits per heavy atom. The van der Waals surface area contributed by atoms with Crippen LogP contribution >= 0.6 is 0 Å². The molecule has 2 unspecified atom stereocenters. The monoisotopic (exact) mass is 351 g/mol. The number of ether oxygens (including phenoxy) is 1. The Kier molecular flexibility index (Phi) is 6.02. The summed E-state index contributed by atoms with van der Waals surface area (Å²) in [5.74, 6) is 0.522. The number of amidine groups is 1. The first-order chi connectivity index (χ1) is 12.7. The lowest BCUT2D eigenvalue weighted by atomic mass is 9.88. The van der Waals surface area contributed by atoms with Crippen molar-refractivity contribution < 1.29 is 9.53 Å². The molecule has 0 saturated carbocycles. The zero-order valence-corrected chi connectivity index (χ0v) is 15.0. The summed E-state index contributed by atoms with van der Waals surface area (Å²) in [6.45, 7) is 3.93. The highest BCUT2D eigenvalue weighted by Gasteiger charge is 2.24. The summed E-state index contributed by atoms with van der Waals surface area (Å²) < 4.78 is 5.03. The van der Waals surface area contributed by atoms with Gasteiger partial charge in [-0.1, -0.05) is 42.5 Å². The predicted octanol–water partition coefficient (Wildman–Crippen LogP) is 2.92. The van der Waals surface area contributed by atoms with Crippen LogP contribution < -0.4 is 10.6 Å². The minimum Gasteiger partial charge on any atom is -0.462 e. The third kappa shape index (κ3) is 4.49. The molecule has 5 nitrogen and oxygen atoms in total. The maximum Gasteiger partial charge on any atom is 0.338 e. The lowest BCUT2D eigenvalue weighted by molar-refractivity contribution is 0.0526. The highest BCUT2D eigenvalue weighted by molar-refractivity contribution is 5.96. The molecule has 0 radical (unpaired) electrons. The minimum absolute atomic E-state index is 0.200. The van der Waals surface area contributed by atoms with Crippen molar-refractivity contribution >= 4 is 11.8 Å². The number of carbonyl (C=O) groups excluding carboxylic acids is 1. The molecule has 1 fully saturated rings. The molecule has 1 aliphatic rings. The van der Waals surface area contributed by atoms with Gasteiger partial charge in [0.05, 0.1) is 12.2 Å². The van der Waals surface area contributed by atoms with Crippen LogP contribution in [0.4, 0.5) is 0 Å². The van der Waals surface area contributed by atoms with Crippen molar-refractivity contribution in [3.63, 3.8) is 0 Å². The second-order valence-corrected chi connectivity index (χ2v) is 6.52. The van der Waals surface area contributed by atoms with Crippen LogP contribution in [0.5, 0.6) is 0 Å². The van der Waals surface area contributed by atoms with E-state index in [1.165, 1.54) is 5.56 Å². The largest absolute Gasteiger partial charge is 0.462 e. The normalized spacial score (nSPS) is 19.6. The quantitative estimate of drug-likeness (QED) is 0.440. The van der Waals surface area contributed by atoms with Gasteiger partial charge in [0.1, 0.15) is 5.84 Å². The summed E-state index contributed by atoms with van der Waals surface area (Å²) in [6.07, 6.45) is 0.945. The summed E-state index contributed by atoms with van der Waals surface area (Å²) in [5, 5.41) is 15.0. The Labute approximate surface area is 154 Å². The third-order valence-electron chi connectivity index (χ3n) is 4.65. The lowest BCUT2D eigenvalue weighted by Gasteiger charge is -2.31. The Hall–Kier alpha value is -2.66. The molecule has 2 aromatic rings. The van der Waals surface area contributed by atoms with Crippen molar-refractivity contribution in [3.8, 4) is 0 Å². The second-order valence-electron chi connectivity index (χ2n) is 6.52. The molecule has 2 atom stereocenters. The van der Waals surface area contributed by atoms with Crippen molar-refractivity contribution in [2.75, 3.05) is 19.7 Å². The number of nitrogens with one attached hydrogen (secondary N) is 3. The van der Waals surface area contributed by atoms with Gasteiger partial charge in [-0.05, 0) is 37.0 Å². The minimum atomic E-state index is -0.281. The summed E-state index contributed by atoms with van der Waals surface area (Å²) >= 11 is 0. The van der Waals surface area contributed by atoms with E-state index in [0.29, 0.717) is 23.9 Å². The molecule has 0 amide bonds. The molecule has 2 aromatic carbocycles. The van der Waals surface area contributed by atoms with Crippen LogP contribution in [0.1, 0.15) is 40.7 Å². The van der Waals surface area contributed by atoms with Crippen LogP contribution in [0.15, 0.2) is 54.6 Å². The van der Waals surface area contributed by atoms with Gasteiger partial charge in [0.2, 0.25) is 0 Å². The molecule has 26 heavy (non-hydrogen) atoms. The number of rotatable bonds is 5. The van der Waals surface area contributed by atoms with Crippen molar-refractivity contribution in [1.29, 1.82) is 5.41 Å². The maximum atomic E-state index is 11.8. The van der Waals surface area contributed by atoms with E-state index in [4.69, 9.17) is 10.1 Å². The van der Waals surface area contributed by atoms with Gasteiger partial charge in [0.15, 0.2) is 0 Å². The second kappa shape index (κ2) is 8.63. The molecule has 3 N–H and O–H groups in total. The van der Waals surface area contributed by atoms with Gasteiger partial charge in [-0.3, -0.25) is 5.41 Å². The van der Waals surface area contributed by atoms with Gasteiger partial charge in [0, 0.05) is 24.7 Å². The van der Waals surface area contributed by atoms with Gasteiger partial charge < -0.3 is 15.4 Å². The number of carbonyl (C=O) groups is 1. The van der Waals surface area contributed by atoms with Gasteiger partial charge in [-0.2, -0.15) is 0 Å². The highest BCUT2D eigenvalue weighted by atomic mass is 16.5. The molecular weight excluding hydrogens is 326 g/mol. The molecule has 1 heterocycles. The Bertz CT molecular complexity index is 744. The van der Waals surface area contributed by atoms with E-state index in [2.05, 4.69) is 10.6 Å². The molecule has 3 rings (SSSR count). The zero-order chi connectivity index (χ0) is 18.4. The Morgan fingerprint density at radius 2 is 1.85 bits per heavy atom. The van der Waals surface area contributed by atoms with E-state index in [1.54, 1.807) is 6.92 Å². The van der Waals surface area contributed by atoms with E-state index in [1.807, 2.05) is 54.6 Å². The fourth-order valence-corrected chi connectivity index (χ4v) is 3.30. The molecule has 0 aromatic heterocycles. The van der Waals surface area contributed by atoms with Crippen molar-refractivity contribution in [1.82, 2.24) is 10.6 Å². The fraction of sp³-hybridized carbons (Fsp3) is 0.333. The highest BCUT2D eigenvalue weighted by Crippen LogP contribution is 2.24. The topological polar surface area (TPSA) is 74.2 Å². The van der Waals surface area contributed by atoms with Crippen LogP contribution in [0.3, 0.4) is 0 Å². The maximum absolute atomic E-state index is 11.8. The summed E-state index contributed by atoms with van der Waals surface area (Å²) in [6, 6.07) is 17.6. The van der Waals surface area contributed by atoms with E-state index < -0.39 is 0 Å². The molecule has 0 aliphatic carbocycles. The van der Waals surface area contributed by atoms with Crippen LogP contribution in [-0.4, -0.2) is 37.5 Å². The van der Waals surface area contributed by atoms with Crippen LogP contribution in [0.25, 0.3) is 0 Å². The number of hydrogen-bond donors (Lipinski definition) is 3. The summed E-state index contributed by atoms with van der Waals surface area (Å²) in [7, 11) is 0. The Morgan fingerprint density at radius 3 is 2.54 bits per heavy atom. The van der Waals surface area contributed by atoms with E-state index in [9.17, 15) is 4.79 Å². The fourth-order valence-electron chi connectivity index (χ4n) is 3.30. The number of benzene rings is 2. The van der Waals surface area contributed by atoms with E-state index in [-0.39, 0.29) is 12.0 Å². The van der Waals surface area contributed by atoms with Crippen molar-refractivity contribution in [3.05, 3.63) is 71.3 Å². The SMILES string of the molecule is CCOC(=O)c1ccc(C2CNCC(NC(=N)c3ccccc3)C2)cc1. The van der Waals surface area contributed by atoms with Crippen LogP contribution in [0.2, 0.25) is 0 Å². The summed E-state index contributed by atoms with van der Waals surface area (Å²) in [5.41, 5.74) is 2.68. The smallest absolute Gasteiger partial charge is 0.338 e. The molecule has 1 aliphatic heterocycles. The molecule has 5 heteroatoms. The van der Waals surface area contributed by atoms with Gasteiger partial charge in [0.25, 0.3) is 0 Å². The molecule has 0 spiro atoms. The van der Waals surface area contributed by atoms with Crippen molar-refractivity contribution in [2.45, 2.75) is 25.3 Å². The van der Waals surface area contributed by atoms with E-state index in [0.717, 1.165) is 25.1 Å². The van der Waals surface area contributed by atoms with Crippen LogP contribution in [0, 0.1) is 5.41 Å². The molecule has 136 valence electrons. The zero-order valence-electron chi connectivity index (χ0n) is 15.0. The lowest BCUT2D eigenvalue weighted by Crippen LogP contribution is -2.48. The first kappa shape index (κ1) is 18.1. The van der Waals surface area contributed by atoms with Gasteiger partial charge >= 0.3 is 5.97 Å². The first-order valence-electron chi connectivity index (χ1n) is 9.05. The van der Waals surface area contributed by atoms with Gasteiger partial charge in [-0.15, -0.1) is 0 Å². The predicted molar refractivity (Wildman–Crippen MR) is 103 cm³/mol. The van der Waals surface area contributed by atoms with Gasteiger partial charge in [-0.25, -0.2) is 4.79 Å². The van der Waals surface area contributed by atoms with E-state index >= 15 is 0 Å². The standard InChI is InChI=1S/C21H25N3O2/c1-2-26-21(25)17-10-8-15(9-11-17)18-12-19(14-23-13-18)24-20(22)16-6-4-3-5-7-16/h3-11,18-19,23H,2,12-14H2,1H3,(H2,22,24). The Balaban J connectivity index is 1.61. The summed E-state index contributed by atoms with van der Waals surface area (Å²) in [4.78, 5) is 11.8. The third-order valence-corrected chi connectivity index (χ3v) is 4.65. The number of piperidine rings is 1. The number of hydrogen-bond acceptors (Lipinski definition) is 4. The van der Waals surface area contributed by atoms with Crippen molar-refractivity contribution in [2.24, 2.45) is 0 Å². The number of esters is 1. The molecular formula is C21H25N3O2. The van der Waals surface area contributed by atoms with Crippen LogP contribution in [-0.2, 0) is 4.74 Å². The first-order valence-corrected chi connectivity index (χ1v) is 9.05. The molecule has 0 bridgehead atoms. The average Bonchev–Trinajstić information content (AvgIpc) is 2.69. The molecule has 1 saturated heterocycles. The average molecular weight is 351 g/mol.